The molecule has 1 aromatic rings. The van der Waals surface area contributed by atoms with Crippen LogP contribution in [0.5, 0.6) is 0 Å². The van der Waals surface area contributed by atoms with Crippen molar-refractivity contribution in [1.82, 2.24) is 10.2 Å². The Balaban J connectivity index is 1.47. The molecular formula is C16H19ClN2O3. The van der Waals surface area contributed by atoms with Gasteiger partial charge in [0.2, 0.25) is 11.8 Å². The Morgan fingerprint density at radius 2 is 1.86 bits per heavy atom. The third kappa shape index (κ3) is 3.66. The van der Waals surface area contributed by atoms with Crippen LogP contribution in [0, 0.1) is 0 Å². The Morgan fingerprint density at radius 1 is 1.18 bits per heavy atom. The molecule has 2 saturated heterocycles. The number of benzene rings is 1. The minimum absolute atomic E-state index is 0.0862. The van der Waals surface area contributed by atoms with Gasteiger partial charge in [0.25, 0.3) is 0 Å². The van der Waals surface area contributed by atoms with Crippen molar-refractivity contribution in [2.75, 3.05) is 19.7 Å². The third-order valence-electron chi connectivity index (χ3n) is 4.10. The Morgan fingerprint density at radius 3 is 2.45 bits per heavy atom. The number of hydrogen-bond acceptors (Lipinski definition) is 4. The quantitative estimate of drug-likeness (QED) is 0.851. The van der Waals surface area contributed by atoms with Gasteiger partial charge in [-0.2, -0.15) is 0 Å². The van der Waals surface area contributed by atoms with E-state index in [9.17, 15) is 9.59 Å². The Hall–Kier alpha value is -1.43. The molecule has 1 N–H and O–H groups in total. The SMILES string of the molecule is O=C1CCC(=O)N1C[C@H]1CN[C@@H](Cc2ccc(Cl)cc2)CO1. The molecule has 5 nitrogen and oxygen atoms in total. The summed E-state index contributed by atoms with van der Waals surface area (Å²) in [6.45, 7) is 1.58. The summed E-state index contributed by atoms with van der Waals surface area (Å²) in [6.07, 6.45) is 1.41. The highest BCUT2D eigenvalue weighted by Crippen LogP contribution is 2.16. The predicted molar refractivity (Wildman–Crippen MR) is 82.6 cm³/mol. The average molecular weight is 323 g/mol. The van der Waals surface area contributed by atoms with Crippen LogP contribution in [0.3, 0.4) is 0 Å². The van der Waals surface area contributed by atoms with Gasteiger partial charge in [-0.25, -0.2) is 0 Å². The summed E-state index contributed by atoms with van der Waals surface area (Å²) in [5, 5.41) is 4.16. The van der Waals surface area contributed by atoms with E-state index < -0.39 is 0 Å². The maximum absolute atomic E-state index is 11.6. The van der Waals surface area contributed by atoms with E-state index in [4.69, 9.17) is 16.3 Å². The molecule has 3 rings (SSSR count). The smallest absolute Gasteiger partial charge is 0.229 e. The lowest BCUT2D eigenvalue weighted by molar-refractivity contribution is -0.141. The van der Waals surface area contributed by atoms with Gasteiger partial charge in [0.15, 0.2) is 0 Å². The highest BCUT2D eigenvalue weighted by atomic mass is 35.5. The number of rotatable bonds is 4. The number of imide groups is 1. The molecular weight excluding hydrogens is 304 g/mol. The van der Waals surface area contributed by atoms with Gasteiger partial charge in [-0.05, 0) is 24.1 Å². The van der Waals surface area contributed by atoms with E-state index >= 15 is 0 Å². The van der Waals surface area contributed by atoms with Crippen LogP contribution in [0.1, 0.15) is 18.4 Å². The van der Waals surface area contributed by atoms with E-state index in [0.717, 1.165) is 11.4 Å². The largest absolute Gasteiger partial charge is 0.373 e. The van der Waals surface area contributed by atoms with Crippen molar-refractivity contribution < 1.29 is 14.3 Å². The maximum Gasteiger partial charge on any atom is 0.229 e. The van der Waals surface area contributed by atoms with Crippen molar-refractivity contribution in [2.45, 2.75) is 31.4 Å². The van der Waals surface area contributed by atoms with Crippen LogP contribution in [0.15, 0.2) is 24.3 Å². The first-order valence-electron chi connectivity index (χ1n) is 7.54. The van der Waals surface area contributed by atoms with Crippen LogP contribution < -0.4 is 5.32 Å². The highest BCUT2D eigenvalue weighted by molar-refractivity contribution is 6.30. The predicted octanol–water partition coefficient (Wildman–Crippen LogP) is 1.39. The van der Waals surface area contributed by atoms with E-state index in [0.29, 0.717) is 32.5 Å². The molecule has 0 aromatic heterocycles. The van der Waals surface area contributed by atoms with Crippen molar-refractivity contribution in [2.24, 2.45) is 0 Å². The van der Waals surface area contributed by atoms with Gasteiger partial charge in [-0.1, -0.05) is 23.7 Å². The standard InChI is InChI=1S/C16H19ClN2O3/c17-12-3-1-11(2-4-12)7-13-10-22-14(8-18-13)9-19-15(20)5-6-16(19)21/h1-4,13-14,18H,5-10H2/t13-,14+/m0/s1. The zero-order chi connectivity index (χ0) is 15.5. The summed E-state index contributed by atoms with van der Waals surface area (Å²) in [6, 6.07) is 8.03. The van der Waals surface area contributed by atoms with Crippen molar-refractivity contribution >= 4 is 23.4 Å². The molecule has 118 valence electrons. The van der Waals surface area contributed by atoms with Crippen LogP contribution in [-0.2, 0) is 20.7 Å². The minimum Gasteiger partial charge on any atom is -0.373 e. The summed E-state index contributed by atoms with van der Waals surface area (Å²) < 4.78 is 5.81. The zero-order valence-electron chi connectivity index (χ0n) is 12.3. The summed E-state index contributed by atoms with van der Waals surface area (Å²) in [5.41, 5.74) is 1.20. The van der Waals surface area contributed by atoms with Crippen molar-refractivity contribution in [3.05, 3.63) is 34.9 Å². The number of carbonyl (C=O) groups excluding carboxylic acids is 2. The summed E-state index contributed by atoms with van der Waals surface area (Å²) >= 11 is 5.88. The van der Waals surface area contributed by atoms with Gasteiger partial charge in [0, 0.05) is 30.5 Å². The Kier molecular flexibility index (Phi) is 4.76. The van der Waals surface area contributed by atoms with E-state index in [-0.39, 0.29) is 24.0 Å². The number of nitrogens with one attached hydrogen (secondary N) is 1. The van der Waals surface area contributed by atoms with E-state index in [1.807, 2.05) is 24.3 Å². The number of likely N-dealkylation sites (tertiary alicyclic amines) is 1. The number of hydrogen-bond donors (Lipinski definition) is 1. The number of ether oxygens (including phenoxy) is 1. The summed E-state index contributed by atoms with van der Waals surface area (Å²) in [7, 11) is 0. The molecule has 0 spiro atoms. The Labute approximate surface area is 134 Å². The molecule has 0 saturated carbocycles. The second kappa shape index (κ2) is 6.77. The lowest BCUT2D eigenvalue weighted by atomic mass is 10.1. The molecule has 2 heterocycles. The molecule has 2 aliphatic rings. The highest BCUT2D eigenvalue weighted by Gasteiger charge is 2.32. The molecule has 6 heteroatoms. The first-order chi connectivity index (χ1) is 10.6. The van der Waals surface area contributed by atoms with Gasteiger partial charge in [0.1, 0.15) is 0 Å². The fourth-order valence-corrected chi connectivity index (χ4v) is 2.98. The fourth-order valence-electron chi connectivity index (χ4n) is 2.85. The zero-order valence-corrected chi connectivity index (χ0v) is 13.0. The topological polar surface area (TPSA) is 58.6 Å². The number of halogens is 1. The van der Waals surface area contributed by atoms with Crippen LogP contribution in [0.25, 0.3) is 0 Å². The normalized spacial score (nSPS) is 25.8. The van der Waals surface area contributed by atoms with Crippen LogP contribution in [0.2, 0.25) is 5.02 Å². The molecule has 2 amide bonds. The molecule has 2 atom stereocenters. The van der Waals surface area contributed by atoms with E-state index in [2.05, 4.69) is 5.32 Å². The van der Waals surface area contributed by atoms with Gasteiger partial charge in [0.05, 0.1) is 19.3 Å². The fraction of sp³-hybridized carbons (Fsp3) is 0.500. The number of nitrogens with zero attached hydrogens (tertiary/aromatic N) is 1. The molecule has 0 radical (unpaired) electrons. The second-order valence-corrected chi connectivity index (χ2v) is 6.23. The van der Waals surface area contributed by atoms with Gasteiger partial charge >= 0.3 is 0 Å². The number of morpholine rings is 1. The van der Waals surface area contributed by atoms with Crippen LogP contribution in [-0.4, -0.2) is 48.6 Å². The lowest BCUT2D eigenvalue weighted by Gasteiger charge is -2.32. The average Bonchev–Trinajstić information content (AvgIpc) is 2.83. The number of amides is 2. The first-order valence-corrected chi connectivity index (χ1v) is 7.92. The van der Waals surface area contributed by atoms with E-state index in [1.54, 1.807) is 0 Å². The molecule has 0 unspecified atom stereocenters. The molecule has 1 aromatic carbocycles. The second-order valence-electron chi connectivity index (χ2n) is 5.79. The van der Waals surface area contributed by atoms with Crippen LogP contribution in [0.4, 0.5) is 0 Å². The molecule has 2 fully saturated rings. The molecule has 2 aliphatic heterocycles. The monoisotopic (exact) mass is 322 g/mol. The molecule has 22 heavy (non-hydrogen) atoms. The van der Waals surface area contributed by atoms with E-state index in [1.165, 1.54) is 10.5 Å². The van der Waals surface area contributed by atoms with Gasteiger partial charge in [-0.15, -0.1) is 0 Å². The molecule has 0 aliphatic carbocycles. The van der Waals surface area contributed by atoms with Crippen molar-refractivity contribution in [1.29, 1.82) is 0 Å². The lowest BCUT2D eigenvalue weighted by Crippen LogP contribution is -2.51. The first kappa shape index (κ1) is 15.5. The summed E-state index contributed by atoms with van der Waals surface area (Å²) in [5.74, 6) is -0.172. The van der Waals surface area contributed by atoms with Crippen molar-refractivity contribution in [3.8, 4) is 0 Å². The van der Waals surface area contributed by atoms with Crippen molar-refractivity contribution in [3.63, 3.8) is 0 Å². The van der Waals surface area contributed by atoms with Crippen LogP contribution >= 0.6 is 11.6 Å². The summed E-state index contributed by atoms with van der Waals surface area (Å²) in [4.78, 5) is 24.5. The van der Waals surface area contributed by atoms with Gasteiger partial charge < -0.3 is 10.1 Å². The Bertz CT molecular complexity index is 537. The third-order valence-corrected chi connectivity index (χ3v) is 4.36. The van der Waals surface area contributed by atoms with Gasteiger partial charge in [-0.3, -0.25) is 14.5 Å². The minimum atomic E-state index is -0.118. The molecule has 0 bridgehead atoms. The maximum atomic E-state index is 11.6. The number of carbonyl (C=O) groups is 2.